The van der Waals surface area contributed by atoms with Gasteiger partial charge in [-0.3, -0.25) is 0 Å². The van der Waals surface area contributed by atoms with Gasteiger partial charge in [-0.25, -0.2) is 0 Å². The highest BCUT2D eigenvalue weighted by Crippen LogP contribution is 2.50. The average molecular weight is 767 g/mol. The zero-order valence-corrected chi connectivity index (χ0v) is 33.3. The van der Waals surface area contributed by atoms with Crippen LogP contribution in [0, 0.1) is 0 Å². The molecule has 0 N–H and O–H groups in total. The van der Waals surface area contributed by atoms with Crippen LogP contribution in [0.5, 0.6) is 0 Å². The number of thioether (sulfide) groups is 1. The monoisotopic (exact) mass is 766 g/mol. The molecule has 2 aliphatic carbocycles. The highest BCUT2D eigenvalue weighted by atomic mass is 32.2. The Kier molecular flexibility index (Phi) is 7.29. The van der Waals surface area contributed by atoms with Gasteiger partial charge in [0.25, 0.3) is 0 Å². The second kappa shape index (κ2) is 12.9. The summed E-state index contributed by atoms with van der Waals surface area (Å²) < 4.78 is 0. The quantitative estimate of drug-likeness (QED) is 0.157. The Balaban J connectivity index is 0.786. The van der Waals surface area contributed by atoms with E-state index in [-0.39, 0.29) is 0 Å². The van der Waals surface area contributed by atoms with Crippen molar-refractivity contribution in [3.63, 3.8) is 0 Å². The van der Waals surface area contributed by atoms with Crippen LogP contribution in [0.1, 0.15) is 39.5 Å². The normalized spacial score (nSPS) is 15.4. The van der Waals surface area contributed by atoms with E-state index >= 15 is 0 Å². The van der Waals surface area contributed by atoms with Crippen molar-refractivity contribution in [1.29, 1.82) is 0 Å². The molecule has 1 heteroatoms. The Labute approximate surface area is 348 Å². The zero-order valence-electron chi connectivity index (χ0n) is 32.5. The van der Waals surface area contributed by atoms with E-state index in [1.165, 1.54) is 126 Å². The van der Waals surface area contributed by atoms with Crippen LogP contribution in [0.15, 0.2) is 187 Å². The van der Waals surface area contributed by atoms with Crippen molar-refractivity contribution >= 4 is 66.5 Å². The van der Waals surface area contributed by atoms with E-state index in [1.807, 2.05) is 11.8 Å². The van der Waals surface area contributed by atoms with Gasteiger partial charge in [-0.15, -0.1) is 11.8 Å². The fourth-order valence-corrected chi connectivity index (χ4v) is 11.9. The predicted molar refractivity (Wildman–Crippen MR) is 253 cm³/mol. The first-order valence-corrected chi connectivity index (χ1v) is 21.8. The Morgan fingerprint density at radius 2 is 0.983 bits per heavy atom. The van der Waals surface area contributed by atoms with Crippen molar-refractivity contribution in [2.75, 3.05) is 0 Å². The van der Waals surface area contributed by atoms with Gasteiger partial charge in [-0.1, -0.05) is 182 Å². The molecule has 276 valence electrons. The lowest BCUT2D eigenvalue weighted by Crippen LogP contribution is -2.03. The highest BCUT2D eigenvalue weighted by Gasteiger charge is 2.26. The number of fused-ring (bicyclic) bond motifs is 1. The third-order valence-corrected chi connectivity index (χ3v) is 14.8. The molecule has 0 aromatic heterocycles. The van der Waals surface area contributed by atoms with Gasteiger partial charge in [0.05, 0.1) is 0 Å². The summed E-state index contributed by atoms with van der Waals surface area (Å²) in [6, 6.07) is 64.3. The van der Waals surface area contributed by atoms with E-state index in [1.54, 1.807) is 0 Å². The lowest BCUT2D eigenvalue weighted by Gasteiger charge is -2.24. The van der Waals surface area contributed by atoms with Crippen molar-refractivity contribution in [3.8, 4) is 44.5 Å². The van der Waals surface area contributed by atoms with Crippen LogP contribution in [-0.2, 0) is 12.8 Å². The molecule has 0 saturated heterocycles. The summed E-state index contributed by atoms with van der Waals surface area (Å²) in [6.45, 7) is 0. The largest absolute Gasteiger partial charge is 0.117 e. The summed E-state index contributed by atoms with van der Waals surface area (Å²) in [6.07, 6.45) is 10.2. The minimum absolute atomic E-state index is 0.441. The van der Waals surface area contributed by atoms with Crippen LogP contribution in [0.4, 0.5) is 0 Å². The van der Waals surface area contributed by atoms with Crippen LogP contribution in [0.25, 0.3) is 99.2 Å². The molecule has 13 rings (SSSR count). The minimum Gasteiger partial charge on any atom is -0.117 e. The van der Waals surface area contributed by atoms with E-state index in [4.69, 9.17) is 0 Å². The lowest BCUT2D eigenvalue weighted by molar-refractivity contribution is 0.958. The third kappa shape index (κ3) is 5.18. The van der Waals surface area contributed by atoms with Crippen LogP contribution in [0.2, 0.25) is 0 Å². The van der Waals surface area contributed by atoms with Gasteiger partial charge in [0.2, 0.25) is 0 Å². The van der Waals surface area contributed by atoms with Gasteiger partial charge < -0.3 is 0 Å². The molecule has 0 saturated carbocycles. The minimum atomic E-state index is 0.441. The number of hydrogen-bond donors (Lipinski definition) is 0. The van der Waals surface area contributed by atoms with Crippen molar-refractivity contribution in [2.45, 2.75) is 29.4 Å². The maximum atomic E-state index is 2.43. The maximum Gasteiger partial charge on any atom is 0.0391 e. The lowest BCUT2D eigenvalue weighted by atomic mass is 9.80. The first-order valence-electron chi connectivity index (χ1n) is 20.9. The van der Waals surface area contributed by atoms with Crippen LogP contribution in [-0.4, -0.2) is 0 Å². The Morgan fingerprint density at radius 1 is 0.424 bits per heavy atom. The molecular formula is C58H38S. The van der Waals surface area contributed by atoms with Crippen molar-refractivity contribution in [3.05, 3.63) is 210 Å². The van der Waals surface area contributed by atoms with E-state index in [0.29, 0.717) is 5.25 Å². The molecule has 1 heterocycles. The fraction of sp³-hybridized carbons (Fsp3) is 0.0690. The third-order valence-electron chi connectivity index (χ3n) is 13.5. The Bertz CT molecular complexity index is 3370. The molecule has 10 aromatic carbocycles. The molecule has 3 aliphatic rings. The number of hydrogen-bond acceptors (Lipinski definition) is 1. The summed E-state index contributed by atoms with van der Waals surface area (Å²) in [4.78, 5) is 1.42. The first kappa shape index (κ1) is 33.3. The molecule has 0 radical (unpaired) electrons. The van der Waals surface area contributed by atoms with Gasteiger partial charge in [-0.05, 0) is 146 Å². The fourth-order valence-electron chi connectivity index (χ4n) is 10.5. The molecule has 1 unspecified atom stereocenters. The number of rotatable bonds is 5. The van der Waals surface area contributed by atoms with E-state index in [9.17, 15) is 0 Å². The van der Waals surface area contributed by atoms with Gasteiger partial charge in [0, 0.05) is 10.1 Å². The first-order chi connectivity index (χ1) is 29.2. The van der Waals surface area contributed by atoms with Crippen LogP contribution < -0.4 is 0 Å². The predicted octanol–water partition coefficient (Wildman–Crippen LogP) is 16.2. The molecule has 0 fully saturated rings. The second-order valence-electron chi connectivity index (χ2n) is 16.6. The summed E-state index contributed by atoms with van der Waals surface area (Å²) in [5.41, 5.74) is 18.7. The number of allylic oxidation sites excluding steroid dienone is 3. The van der Waals surface area contributed by atoms with E-state index in [0.717, 1.165) is 19.3 Å². The Morgan fingerprint density at radius 3 is 1.68 bits per heavy atom. The van der Waals surface area contributed by atoms with Gasteiger partial charge >= 0.3 is 0 Å². The van der Waals surface area contributed by atoms with E-state index in [2.05, 4.69) is 188 Å². The standard InChI is InChI=1S/C58H38S/c1-2-7-53-46(4-1)34-54(59-53)49-30-24-45-26-32-51-48(29-23-44-27-33-52(49)58(45)57(44)51)40-18-14-38(15-19-40)36-10-8-35(9-11-36)37-12-16-39(17-13-37)47-28-22-43-21-20-41-5-3-6-42-25-31-50(47)56(43)55(41)42/h1-4,6-20,22-33,54H,5,21,34H2. The molecule has 0 nitrogen and oxygen atoms in total. The Hall–Kier alpha value is -6.67. The number of benzene rings is 10. The van der Waals surface area contributed by atoms with Gasteiger partial charge in [-0.2, -0.15) is 0 Å². The molecule has 0 spiro atoms. The average Bonchev–Trinajstić information content (AvgIpc) is 3.74. The zero-order chi connectivity index (χ0) is 38.6. The molecule has 1 aliphatic heterocycles. The SMILES string of the molecule is C1=Cc2ccc3c(-c4ccc(-c5ccc(-c6ccc(-c7ccc8ccc9c(C%10Cc%11ccccc%11S%10)ccc%10ccc7c8c%109)cc6)cc5)cc4)ccc4c3c2C(=CC4)C1. The molecule has 0 amide bonds. The van der Waals surface area contributed by atoms with Crippen LogP contribution >= 0.6 is 11.8 Å². The summed E-state index contributed by atoms with van der Waals surface area (Å²) in [5, 5.41) is 11.4. The second-order valence-corrected chi connectivity index (χ2v) is 17.8. The van der Waals surface area contributed by atoms with E-state index < -0.39 is 0 Å². The molecule has 1 atom stereocenters. The van der Waals surface area contributed by atoms with Crippen LogP contribution in [0.3, 0.4) is 0 Å². The summed E-state index contributed by atoms with van der Waals surface area (Å²) in [7, 11) is 0. The van der Waals surface area contributed by atoms with Gasteiger partial charge in [0.15, 0.2) is 0 Å². The molecule has 0 bridgehead atoms. The maximum absolute atomic E-state index is 2.43. The highest BCUT2D eigenvalue weighted by molar-refractivity contribution is 7.99. The smallest absolute Gasteiger partial charge is 0.0391 e. The topological polar surface area (TPSA) is 0 Å². The molecule has 10 aromatic rings. The molecule has 59 heavy (non-hydrogen) atoms. The van der Waals surface area contributed by atoms with Crippen molar-refractivity contribution in [1.82, 2.24) is 0 Å². The van der Waals surface area contributed by atoms with Gasteiger partial charge in [0.1, 0.15) is 0 Å². The molecular weight excluding hydrogens is 729 g/mol. The van der Waals surface area contributed by atoms with Crippen molar-refractivity contribution < 1.29 is 0 Å². The summed E-state index contributed by atoms with van der Waals surface area (Å²) >= 11 is 2.02. The summed E-state index contributed by atoms with van der Waals surface area (Å²) in [5.74, 6) is 0. The van der Waals surface area contributed by atoms with Crippen molar-refractivity contribution in [2.24, 2.45) is 0 Å².